The largest absolute Gasteiger partial charge is 0.351 e. The highest BCUT2D eigenvalue weighted by Crippen LogP contribution is 2.31. The minimum atomic E-state index is -3.42. The van der Waals surface area contributed by atoms with E-state index in [2.05, 4.69) is 10.6 Å². The summed E-state index contributed by atoms with van der Waals surface area (Å²) in [6.45, 7) is 4.87. The van der Waals surface area contributed by atoms with Gasteiger partial charge in [0.15, 0.2) is 6.29 Å². The Bertz CT molecular complexity index is 806. The zero-order valence-corrected chi connectivity index (χ0v) is 17.2. The molecule has 156 valence electrons. The average Bonchev–Trinajstić information content (AvgIpc) is 2.64. The maximum atomic E-state index is 12.2. The predicted molar refractivity (Wildman–Crippen MR) is 106 cm³/mol. The number of fused-ring (bicyclic) bond motifs is 1. The van der Waals surface area contributed by atoms with E-state index in [-0.39, 0.29) is 6.54 Å². The standard InChI is InChI=1S/C18H27N3O6S/c1-4-26-16(27-5-2)12-19-17(22)18(23)20-14-9-8-13-7-6-10-21(15(13)11-14)28(3,24)25/h8-9,11,16H,4-7,10,12H2,1-3H3,(H,19,22)(H,20,23). The molecule has 10 heteroatoms. The number of nitrogens with zero attached hydrogens (tertiary/aromatic N) is 1. The second kappa shape index (κ2) is 9.85. The van der Waals surface area contributed by atoms with Crippen molar-refractivity contribution in [2.75, 3.05) is 42.2 Å². The number of benzene rings is 1. The van der Waals surface area contributed by atoms with E-state index < -0.39 is 28.1 Å². The molecule has 1 aliphatic rings. The van der Waals surface area contributed by atoms with Gasteiger partial charge in [-0.05, 0) is 44.4 Å². The molecule has 0 spiro atoms. The number of anilines is 2. The van der Waals surface area contributed by atoms with Crippen LogP contribution in [-0.4, -0.2) is 59.1 Å². The van der Waals surface area contributed by atoms with Crippen molar-refractivity contribution in [1.29, 1.82) is 0 Å². The fourth-order valence-corrected chi connectivity index (χ4v) is 3.93. The van der Waals surface area contributed by atoms with Gasteiger partial charge in [-0.1, -0.05) is 6.07 Å². The van der Waals surface area contributed by atoms with Crippen LogP contribution in [0.1, 0.15) is 25.8 Å². The van der Waals surface area contributed by atoms with Gasteiger partial charge in [-0.3, -0.25) is 13.9 Å². The zero-order chi connectivity index (χ0) is 20.7. The summed E-state index contributed by atoms with van der Waals surface area (Å²) >= 11 is 0. The van der Waals surface area contributed by atoms with Crippen molar-refractivity contribution >= 4 is 33.2 Å². The molecular formula is C18H27N3O6S. The molecule has 9 nitrogen and oxygen atoms in total. The van der Waals surface area contributed by atoms with Gasteiger partial charge in [-0.15, -0.1) is 0 Å². The third-order valence-electron chi connectivity index (χ3n) is 4.16. The third kappa shape index (κ3) is 5.91. The number of carbonyl (C=O) groups excluding carboxylic acids is 2. The summed E-state index contributed by atoms with van der Waals surface area (Å²) in [5.41, 5.74) is 1.76. The Labute approximate surface area is 165 Å². The molecular weight excluding hydrogens is 386 g/mol. The monoisotopic (exact) mass is 413 g/mol. The molecule has 2 rings (SSSR count). The van der Waals surface area contributed by atoms with Gasteiger partial charge in [0.1, 0.15) is 0 Å². The second-order valence-electron chi connectivity index (χ2n) is 6.29. The lowest BCUT2D eigenvalue weighted by atomic mass is 10.0. The van der Waals surface area contributed by atoms with Crippen LogP contribution in [0.5, 0.6) is 0 Å². The van der Waals surface area contributed by atoms with Crippen LogP contribution in [0.15, 0.2) is 18.2 Å². The van der Waals surface area contributed by atoms with Gasteiger partial charge in [-0.25, -0.2) is 8.42 Å². The SMILES string of the molecule is CCOC(CNC(=O)C(=O)Nc1ccc2c(c1)N(S(C)(=O)=O)CCC2)OCC. The molecule has 0 unspecified atom stereocenters. The fraction of sp³-hybridized carbons (Fsp3) is 0.556. The van der Waals surface area contributed by atoms with Gasteiger partial charge < -0.3 is 20.1 Å². The number of amides is 2. The first-order valence-corrected chi connectivity index (χ1v) is 11.0. The molecule has 1 aliphatic heterocycles. The van der Waals surface area contributed by atoms with Gasteiger partial charge in [0, 0.05) is 25.4 Å². The highest BCUT2D eigenvalue weighted by Gasteiger charge is 2.25. The van der Waals surface area contributed by atoms with Crippen molar-refractivity contribution in [2.45, 2.75) is 33.0 Å². The molecule has 0 fully saturated rings. The molecule has 1 heterocycles. The number of rotatable bonds is 8. The first kappa shape index (κ1) is 22.1. The minimum absolute atomic E-state index is 0.0416. The summed E-state index contributed by atoms with van der Waals surface area (Å²) in [5, 5.41) is 4.96. The molecule has 2 N–H and O–H groups in total. The fourth-order valence-electron chi connectivity index (χ4n) is 2.95. The summed E-state index contributed by atoms with van der Waals surface area (Å²) < 4.78 is 35.9. The lowest BCUT2D eigenvalue weighted by Gasteiger charge is -2.29. The first-order valence-electron chi connectivity index (χ1n) is 9.19. The van der Waals surface area contributed by atoms with Crippen LogP contribution in [-0.2, 0) is 35.5 Å². The minimum Gasteiger partial charge on any atom is -0.351 e. The lowest BCUT2D eigenvalue weighted by Crippen LogP contribution is -2.41. The maximum absolute atomic E-state index is 12.2. The van der Waals surface area contributed by atoms with Gasteiger partial charge in [-0.2, -0.15) is 0 Å². The van der Waals surface area contributed by atoms with Crippen LogP contribution in [0.3, 0.4) is 0 Å². The van der Waals surface area contributed by atoms with E-state index in [0.29, 0.717) is 31.1 Å². The number of aryl methyl sites for hydroxylation is 1. The van der Waals surface area contributed by atoms with Crippen LogP contribution in [0.2, 0.25) is 0 Å². The van der Waals surface area contributed by atoms with E-state index in [1.54, 1.807) is 32.0 Å². The number of nitrogens with one attached hydrogen (secondary N) is 2. The Kier molecular flexibility index (Phi) is 7.78. The Balaban J connectivity index is 2.03. The van der Waals surface area contributed by atoms with Gasteiger partial charge in [0.25, 0.3) is 0 Å². The summed E-state index contributed by atoms with van der Waals surface area (Å²) in [5.74, 6) is -1.68. The number of ether oxygens (including phenoxy) is 2. The van der Waals surface area contributed by atoms with E-state index in [1.165, 1.54) is 4.31 Å². The van der Waals surface area contributed by atoms with Crippen LogP contribution < -0.4 is 14.9 Å². The van der Waals surface area contributed by atoms with E-state index >= 15 is 0 Å². The van der Waals surface area contributed by atoms with E-state index in [4.69, 9.17) is 9.47 Å². The third-order valence-corrected chi connectivity index (χ3v) is 5.34. The first-order chi connectivity index (χ1) is 13.3. The Morgan fingerprint density at radius 3 is 2.46 bits per heavy atom. The van der Waals surface area contributed by atoms with Gasteiger partial charge in [0.05, 0.1) is 18.5 Å². The summed E-state index contributed by atoms with van der Waals surface area (Å²) in [4.78, 5) is 24.2. The average molecular weight is 413 g/mol. The van der Waals surface area contributed by atoms with Crippen LogP contribution in [0, 0.1) is 0 Å². The van der Waals surface area contributed by atoms with Crippen molar-refractivity contribution in [3.8, 4) is 0 Å². The van der Waals surface area contributed by atoms with Crippen LogP contribution in [0.4, 0.5) is 11.4 Å². The molecule has 0 radical (unpaired) electrons. The van der Waals surface area contributed by atoms with E-state index in [1.807, 2.05) is 0 Å². The molecule has 28 heavy (non-hydrogen) atoms. The van der Waals surface area contributed by atoms with Crippen molar-refractivity contribution in [1.82, 2.24) is 5.32 Å². The topological polar surface area (TPSA) is 114 Å². The Morgan fingerprint density at radius 2 is 1.86 bits per heavy atom. The maximum Gasteiger partial charge on any atom is 0.313 e. The van der Waals surface area contributed by atoms with Crippen LogP contribution in [0.25, 0.3) is 0 Å². The summed E-state index contributed by atoms with van der Waals surface area (Å²) in [7, 11) is -3.42. The van der Waals surface area contributed by atoms with E-state index in [9.17, 15) is 18.0 Å². The normalized spacial score (nSPS) is 13.9. The predicted octanol–water partition coefficient (Wildman–Crippen LogP) is 0.853. The molecule has 0 aliphatic carbocycles. The van der Waals surface area contributed by atoms with Crippen molar-refractivity contribution in [2.24, 2.45) is 0 Å². The highest BCUT2D eigenvalue weighted by atomic mass is 32.2. The number of hydrogen-bond donors (Lipinski definition) is 2. The number of sulfonamides is 1. The molecule has 1 aromatic rings. The smallest absolute Gasteiger partial charge is 0.313 e. The lowest BCUT2D eigenvalue weighted by molar-refractivity contribution is -0.145. The van der Waals surface area contributed by atoms with Gasteiger partial charge in [0.2, 0.25) is 10.0 Å². The second-order valence-corrected chi connectivity index (χ2v) is 8.19. The molecule has 0 aromatic heterocycles. The Morgan fingerprint density at radius 1 is 1.18 bits per heavy atom. The quantitative estimate of drug-likeness (QED) is 0.482. The highest BCUT2D eigenvalue weighted by molar-refractivity contribution is 7.92. The number of hydrogen-bond acceptors (Lipinski definition) is 6. The van der Waals surface area contributed by atoms with Crippen molar-refractivity contribution in [3.05, 3.63) is 23.8 Å². The molecule has 0 atom stereocenters. The molecule has 0 saturated carbocycles. The molecule has 2 amide bonds. The Hall–Kier alpha value is -2.17. The summed E-state index contributed by atoms with van der Waals surface area (Å²) in [6, 6.07) is 4.99. The van der Waals surface area contributed by atoms with Crippen molar-refractivity contribution in [3.63, 3.8) is 0 Å². The van der Waals surface area contributed by atoms with Crippen molar-refractivity contribution < 1.29 is 27.5 Å². The molecule has 0 saturated heterocycles. The summed E-state index contributed by atoms with van der Waals surface area (Å²) in [6.07, 6.45) is 2.01. The zero-order valence-electron chi connectivity index (χ0n) is 16.4. The molecule has 0 bridgehead atoms. The molecule has 1 aromatic carbocycles. The number of carbonyl (C=O) groups is 2. The van der Waals surface area contributed by atoms with Crippen LogP contribution >= 0.6 is 0 Å². The van der Waals surface area contributed by atoms with E-state index in [0.717, 1.165) is 24.7 Å². The van der Waals surface area contributed by atoms with Gasteiger partial charge >= 0.3 is 11.8 Å².